The third kappa shape index (κ3) is 4.87. The molecule has 1 amide bonds. The standard InChI is InChI=1S/C23H26ClNO5/c1-3-29-21-18(24)12-16(13-19(21)28-2)22(27)30-14-20(26)25-15-23(10-7-11-23)17-8-5-4-6-9-17/h4-6,8-9,12-13H,3,7,10-11,14-15H2,1-2H3,(H,25,26). The van der Waals surface area contributed by atoms with Crippen LogP contribution < -0.4 is 14.8 Å². The van der Waals surface area contributed by atoms with E-state index in [4.69, 9.17) is 25.8 Å². The van der Waals surface area contributed by atoms with Crippen LogP contribution in [0.5, 0.6) is 11.5 Å². The molecule has 1 aliphatic carbocycles. The molecular formula is C23H26ClNO5. The number of hydrogen-bond acceptors (Lipinski definition) is 5. The number of amides is 1. The fraction of sp³-hybridized carbons (Fsp3) is 0.391. The summed E-state index contributed by atoms with van der Waals surface area (Å²) in [6.45, 7) is 2.39. The minimum Gasteiger partial charge on any atom is -0.493 e. The van der Waals surface area contributed by atoms with Gasteiger partial charge in [0.1, 0.15) is 0 Å². The third-order valence-electron chi connectivity index (χ3n) is 5.41. The van der Waals surface area contributed by atoms with E-state index in [9.17, 15) is 9.59 Å². The highest BCUT2D eigenvalue weighted by molar-refractivity contribution is 6.32. The van der Waals surface area contributed by atoms with E-state index in [0.29, 0.717) is 24.7 Å². The first-order valence-electron chi connectivity index (χ1n) is 9.99. The molecule has 1 fully saturated rings. The third-order valence-corrected chi connectivity index (χ3v) is 5.69. The smallest absolute Gasteiger partial charge is 0.338 e. The van der Waals surface area contributed by atoms with Crippen molar-refractivity contribution in [1.29, 1.82) is 0 Å². The number of nitrogens with one attached hydrogen (secondary N) is 1. The molecule has 2 aromatic carbocycles. The predicted octanol–water partition coefficient (Wildman–Crippen LogP) is 4.14. The van der Waals surface area contributed by atoms with Gasteiger partial charge < -0.3 is 19.5 Å². The van der Waals surface area contributed by atoms with Crippen LogP contribution in [0.3, 0.4) is 0 Å². The predicted molar refractivity (Wildman–Crippen MR) is 114 cm³/mol. The van der Waals surface area contributed by atoms with Crippen molar-refractivity contribution in [3.63, 3.8) is 0 Å². The zero-order valence-electron chi connectivity index (χ0n) is 17.2. The summed E-state index contributed by atoms with van der Waals surface area (Å²) >= 11 is 6.19. The number of hydrogen-bond donors (Lipinski definition) is 1. The summed E-state index contributed by atoms with van der Waals surface area (Å²) in [5.74, 6) is -0.303. The Bertz CT molecular complexity index is 896. The summed E-state index contributed by atoms with van der Waals surface area (Å²) in [6, 6.07) is 13.1. The van der Waals surface area contributed by atoms with Gasteiger partial charge in [0, 0.05) is 12.0 Å². The number of ether oxygens (including phenoxy) is 3. The average Bonchev–Trinajstić information content (AvgIpc) is 2.73. The largest absolute Gasteiger partial charge is 0.493 e. The average molecular weight is 432 g/mol. The topological polar surface area (TPSA) is 73.9 Å². The maximum Gasteiger partial charge on any atom is 0.338 e. The van der Waals surface area contributed by atoms with Crippen molar-refractivity contribution in [3.8, 4) is 11.5 Å². The highest BCUT2D eigenvalue weighted by Crippen LogP contribution is 2.43. The lowest BCUT2D eigenvalue weighted by Gasteiger charge is -2.42. The van der Waals surface area contributed by atoms with E-state index >= 15 is 0 Å². The van der Waals surface area contributed by atoms with Crippen molar-refractivity contribution in [3.05, 3.63) is 58.6 Å². The Morgan fingerprint density at radius 1 is 1.17 bits per heavy atom. The van der Waals surface area contributed by atoms with Crippen molar-refractivity contribution >= 4 is 23.5 Å². The Labute approximate surface area is 181 Å². The first-order chi connectivity index (χ1) is 14.5. The Kier molecular flexibility index (Phi) is 7.21. The lowest BCUT2D eigenvalue weighted by atomic mass is 9.64. The van der Waals surface area contributed by atoms with E-state index in [1.165, 1.54) is 24.8 Å². The van der Waals surface area contributed by atoms with Crippen molar-refractivity contribution < 1.29 is 23.8 Å². The van der Waals surface area contributed by atoms with Crippen molar-refractivity contribution in [2.75, 3.05) is 26.9 Å². The molecule has 0 aromatic heterocycles. The number of benzene rings is 2. The summed E-state index contributed by atoms with van der Waals surface area (Å²) in [5, 5.41) is 3.14. The van der Waals surface area contributed by atoms with Gasteiger partial charge in [-0.25, -0.2) is 4.79 Å². The lowest BCUT2D eigenvalue weighted by molar-refractivity contribution is -0.124. The number of halogens is 1. The molecule has 6 nitrogen and oxygen atoms in total. The maximum absolute atomic E-state index is 12.4. The van der Waals surface area contributed by atoms with Gasteiger partial charge in [0.15, 0.2) is 18.1 Å². The van der Waals surface area contributed by atoms with Gasteiger partial charge in [-0.1, -0.05) is 48.4 Å². The molecule has 0 atom stereocenters. The maximum atomic E-state index is 12.4. The van der Waals surface area contributed by atoms with Crippen LogP contribution in [0, 0.1) is 0 Å². The molecule has 0 spiro atoms. The summed E-state index contributed by atoms with van der Waals surface area (Å²) in [7, 11) is 1.46. The quantitative estimate of drug-likeness (QED) is 0.604. The molecule has 1 N–H and O–H groups in total. The highest BCUT2D eigenvalue weighted by atomic mass is 35.5. The van der Waals surface area contributed by atoms with E-state index in [1.807, 2.05) is 25.1 Å². The van der Waals surface area contributed by atoms with Crippen LogP contribution in [-0.2, 0) is 14.9 Å². The Morgan fingerprint density at radius 2 is 1.90 bits per heavy atom. The van der Waals surface area contributed by atoms with E-state index in [1.54, 1.807) is 0 Å². The van der Waals surface area contributed by atoms with Crippen LogP contribution in [0.4, 0.5) is 0 Å². The van der Waals surface area contributed by atoms with Gasteiger partial charge in [0.05, 0.1) is 24.3 Å². The molecule has 0 unspecified atom stereocenters. The summed E-state index contributed by atoms with van der Waals surface area (Å²) in [4.78, 5) is 24.6. The van der Waals surface area contributed by atoms with Crippen molar-refractivity contribution in [1.82, 2.24) is 5.32 Å². The minimum atomic E-state index is -0.658. The molecule has 0 radical (unpaired) electrons. The molecule has 3 rings (SSSR count). The SMILES string of the molecule is CCOc1c(Cl)cc(C(=O)OCC(=O)NCC2(c3ccccc3)CCC2)cc1OC. The van der Waals surface area contributed by atoms with Crippen molar-refractivity contribution in [2.24, 2.45) is 0 Å². The zero-order valence-corrected chi connectivity index (χ0v) is 18.0. The molecule has 0 bridgehead atoms. The molecule has 160 valence electrons. The number of carbonyl (C=O) groups is 2. The summed E-state index contributed by atoms with van der Waals surface area (Å²) in [6.07, 6.45) is 3.20. The Balaban J connectivity index is 1.56. The molecule has 30 heavy (non-hydrogen) atoms. The van der Waals surface area contributed by atoms with Gasteiger partial charge in [-0.05, 0) is 37.5 Å². The fourth-order valence-electron chi connectivity index (χ4n) is 3.62. The van der Waals surface area contributed by atoms with Gasteiger partial charge in [0.25, 0.3) is 5.91 Å². The van der Waals surface area contributed by atoms with Gasteiger partial charge in [-0.2, -0.15) is 0 Å². The monoisotopic (exact) mass is 431 g/mol. The van der Waals surface area contributed by atoms with Crippen molar-refractivity contribution in [2.45, 2.75) is 31.6 Å². The van der Waals surface area contributed by atoms with Gasteiger partial charge in [0.2, 0.25) is 0 Å². The number of esters is 1. The molecule has 2 aromatic rings. The molecule has 7 heteroatoms. The second kappa shape index (κ2) is 9.85. The number of rotatable bonds is 9. The van der Waals surface area contributed by atoms with E-state index in [2.05, 4.69) is 17.4 Å². The van der Waals surface area contributed by atoms with Crippen LogP contribution in [-0.4, -0.2) is 38.7 Å². The molecule has 0 heterocycles. The normalized spacial score (nSPS) is 14.4. The molecule has 1 saturated carbocycles. The molecule has 1 aliphatic rings. The van der Waals surface area contributed by atoms with Crippen LogP contribution in [0.2, 0.25) is 5.02 Å². The van der Waals surface area contributed by atoms with Gasteiger partial charge in [-0.15, -0.1) is 0 Å². The van der Waals surface area contributed by atoms with Crippen LogP contribution >= 0.6 is 11.6 Å². The Morgan fingerprint density at radius 3 is 2.50 bits per heavy atom. The van der Waals surface area contributed by atoms with E-state index < -0.39 is 5.97 Å². The summed E-state index contributed by atoms with van der Waals surface area (Å²) < 4.78 is 15.8. The second-order valence-electron chi connectivity index (χ2n) is 7.28. The molecule has 0 aliphatic heterocycles. The first-order valence-corrected chi connectivity index (χ1v) is 10.4. The first kappa shape index (κ1) is 22.0. The molecule has 0 saturated heterocycles. The van der Waals surface area contributed by atoms with Crippen LogP contribution in [0.15, 0.2) is 42.5 Å². The Hall–Kier alpha value is -2.73. The summed E-state index contributed by atoms with van der Waals surface area (Å²) in [5.41, 5.74) is 1.38. The van der Waals surface area contributed by atoms with Gasteiger partial charge >= 0.3 is 5.97 Å². The minimum absolute atomic E-state index is 0.0308. The molecular weight excluding hydrogens is 406 g/mol. The fourth-order valence-corrected chi connectivity index (χ4v) is 3.88. The van der Waals surface area contributed by atoms with Crippen LogP contribution in [0.1, 0.15) is 42.1 Å². The number of methoxy groups -OCH3 is 1. The second-order valence-corrected chi connectivity index (χ2v) is 7.68. The number of carbonyl (C=O) groups excluding carboxylic acids is 2. The highest BCUT2D eigenvalue weighted by Gasteiger charge is 2.38. The van der Waals surface area contributed by atoms with E-state index in [-0.39, 0.29) is 28.5 Å². The van der Waals surface area contributed by atoms with Gasteiger partial charge in [-0.3, -0.25) is 4.79 Å². The van der Waals surface area contributed by atoms with E-state index in [0.717, 1.165) is 19.3 Å². The van der Waals surface area contributed by atoms with Crippen LogP contribution in [0.25, 0.3) is 0 Å². The lowest BCUT2D eigenvalue weighted by Crippen LogP contribution is -2.46. The zero-order chi connectivity index (χ0) is 21.6.